The van der Waals surface area contributed by atoms with E-state index in [1.54, 1.807) is 30.0 Å². The van der Waals surface area contributed by atoms with Crippen molar-refractivity contribution in [3.05, 3.63) is 35.6 Å². The Hall–Kier alpha value is -0.830. The van der Waals surface area contributed by atoms with Crippen LogP contribution in [0, 0.1) is 5.82 Å². The third-order valence-corrected chi connectivity index (χ3v) is 4.56. The molecule has 0 radical (unpaired) electrons. The number of rotatable bonds is 5. The lowest BCUT2D eigenvalue weighted by Crippen LogP contribution is -2.09. The van der Waals surface area contributed by atoms with Gasteiger partial charge < -0.3 is 0 Å². The number of benzene rings is 1. The van der Waals surface area contributed by atoms with Gasteiger partial charge in [0.1, 0.15) is 11.6 Å². The highest BCUT2D eigenvalue weighted by Gasteiger charge is 2.17. The SMILES string of the molecule is O=C(CSC1CCCC1)Cc1ccccc1F. The molecule has 2 rings (SSSR count). The molecule has 0 unspecified atom stereocenters. The maximum atomic E-state index is 13.3. The molecule has 0 atom stereocenters. The Morgan fingerprint density at radius 1 is 1.29 bits per heavy atom. The number of hydrogen-bond donors (Lipinski definition) is 0. The Morgan fingerprint density at radius 2 is 2.00 bits per heavy atom. The van der Waals surface area contributed by atoms with Crippen LogP contribution < -0.4 is 0 Å². The van der Waals surface area contributed by atoms with Crippen LogP contribution in [-0.4, -0.2) is 16.8 Å². The fourth-order valence-electron chi connectivity index (χ4n) is 2.17. The van der Waals surface area contributed by atoms with E-state index in [-0.39, 0.29) is 18.0 Å². The number of thioether (sulfide) groups is 1. The van der Waals surface area contributed by atoms with E-state index in [0.717, 1.165) is 0 Å². The Morgan fingerprint density at radius 3 is 2.71 bits per heavy atom. The van der Waals surface area contributed by atoms with Crippen molar-refractivity contribution in [2.24, 2.45) is 0 Å². The zero-order chi connectivity index (χ0) is 12.1. The largest absolute Gasteiger partial charge is 0.298 e. The van der Waals surface area contributed by atoms with Gasteiger partial charge in [-0.05, 0) is 24.5 Å². The maximum absolute atomic E-state index is 13.3. The van der Waals surface area contributed by atoms with Crippen LogP contribution in [0.4, 0.5) is 4.39 Å². The van der Waals surface area contributed by atoms with Crippen molar-refractivity contribution in [2.75, 3.05) is 5.75 Å². The number of carbonyl (C=O) groups excluding carboxylic acids is 1. The van der Waals surface area contributed by atoms with Crippen LogP contribution in [0.2, 0.25) is 0 Å². The molecule has 0 N–H and O–H groups in total. The van der Waals surface area contributed by atoms with Gasteiger partial charge in [0.25, 0.3) is 0 Å². The first-order valence-corrected chi connectivity index (χ1v) is 7.17. The maximum Gasteiger partial charge on any atom is 0.147 e. The number of carbonyl (C=O) groups is 1. The van der Waals surface area contributed by atoms with Crippen LogP contribution in [0.3, 0.4) is 0 Å². The topological polar surface area (TPSA) is 17.1 Å². The first kappa shape index (κ1) is 12.6. The highest BCUT2D eigenvalue weighted by Crippen LogP contribution is 2.29. The second kappa shape index (κ2) is 6.20. The van der Waals surface area contributed by atoms with Crippen molar-refractivity contribution in [1.82, 2.24) is 0 Å². The van der Waals surface area contributed by atoms with Crippen LogP contribution in [0.15, 0.2) is 24.3 Å². The third-order valence-electron chi connectivity index (χ3n) is 3.13. The number of Topliss-reactive ketones (excluding diaryl/α,β-unsaturated/α-hetero) is 1. The minimum atomic E-state index is -0.272. The fraction of sp³-hybridized carbons (Fsp3) is 0.500. The second-order valence-corrected chi connectivity index (χ2v) is 5.81. The molecular formula is C14H17FOS. The summed E-state index contributed by atoms with van der Waals surface area (Å²) < 4.78 is 13.3. The molecule has 1 aromatic carbocycles. The molecule has 1 fully saturated rings. The van der Waals surface area contributed by atoms with E-state index < -0.39 is 0 Å². The van der Waals surface area contributed by atoms with Gasteiger partial charge in [-0.2, -0.15) is 11.8 Å². The van der Waals surface area contributed by atoms with Gasteiger partial charge in [-0.1, -0.05) is 31.0 Å². The Balaban J connectivity index is 1.79. The smallest absolute Gasteiger partial charge is 0.147 e. The van der Waals surface area contributed by atoms with Gasteiger partial charge in [0.15, 0.2) is 0 Å². The fourth-order valence-corrected chi connectivity index (χ4v) is 3.36. The highest BCUT2D eigenvalue weighted by atomic mass is 32.2. The summed E-state index contributed by atoms with van der Waals surface area (Å²) in [4.78, 5) is 11.7. The molecule has 1 aliphatic rings. The third kappa shape index (κ3) is 3.84. The molecule has 0 aromatic heterocycles. The standard InChI is InChI=1S/C14H17FOS/c15-14-8-4-1-5-11(14)9-12(16)10-17-13-6-2-3-7-13/h1,4-5,8,13H,2-3,6-7,9-10H2. The molecule has 3 heteroatoms. The molecule has 0 aliphatic heterocycles. The lowest BCUT2D eigenvalue weighted by atomic mass is 10.1. The molecule has 17 heavy (non-hydrogen) atoms. The monoisotopic (exact) mass is 252 g/mol. The molecule has 0 saturated heterocycles. The first-order chi connectivity index (χ1) is 8.25. The Bertz CT molecular complexity index is 386. The summed E-state index contributed by atoms with van der Waals surface area (Å²) in [6.07, 6.45) is 5.28. The van der Waals surface area contributed by atoms with Gasteiger partial charge in [0.2, 0.25) is 0 Å². The van der Waals surface area contributed by atoms with Gasteiger partial charge in [0, 0.05) is 11.7 Å². The molecule has 0 amide bonds. The van der Waals surface area contributed by atoms with Gasteiger partial charge >= 0.3 is 0 Å². The number of ketones is 1. The van der Waals surface area contributed by atoms with E-state index in [0.29, 0.717) is 16.6 Å². The van der Waals surface area contributed by atoms with Gasteiger partial charge in [-0.25, -0.2) is 4.39 Å². The molecule has 1 aromatic rings. The normalized spacial score (nSPS) is 16.3. The Labute approximate surface area is 106 Å². The molecular weight excluding hydrogens is 235 g/mol. The molecule has 1 saturated carbocycles. The van der Waals surface area contributed by atoms with Crippen molar-refractivity contribution >= 4 is 17.5 Å². The summed E-state index contributed by atoms with van der Waals surface area (Å²) in [7, 11) is 0. The van der Waals surface area contributed by atoms with Crippen molar-refractivity contribution in [2.45, 2.75) is 37.4 Å². The van der Waals surface area contributed by atoms with Crippen LogP contribution in [0.1, 0.15) is 31.2 Å². The van der Waals surface area contributed by atoms with E-state index in [4.69, 9.17) is 0 Å². The lowest BCUT2D eigenvalue weighted by molar-refractivity contribution is -0.116. The van der Waals surface area contributed by atoms with Crippen molar-refractivity contribution in [3.63, 3.8) is 0 Å². The molecule has 1 aliphatic carbocycles. The second-order valence-electron chi connectivity index (χ2n) is 4.52. The summed E-state index contributed by atoms with van der Waals surface area (Å²) in [5.41, 5.74) is 0.518. The summed E-state index contributed by atoms with van der Waals surface area (Å²) in [6.45, 7) is 0. The van der Waals surface area contributed by atoms with E-state index in [9.17, 15) is 9.18 Å². The van der Waals surface area contributed by atoms with Crippen LogP contribution in [0.5, 0.6) is 0 Å². The van der Waals surface area contributed by atoms with E-state index in [1.165, 1.54) is 31.7 Å². The van der Waals surface area contributed by atoms with Crippen molar-refractivity contribution in [3.8, 4) is 0 Å². The predicted molar refractivity (Wildman–Crippen MR) is 69.8 cm³/mol. The van der Waals surface area contributed by atoms with E-state index in [1.807, 2.05) is 0 Å². The lowest BCUT2D eigenvalue weighted by Gasteiger charge is -2.07. The molecule has 1 nitrogen and oxygen atoms in total. The predicted octanol–water partition coefficient (Wildman–Crippen LogP) is 3.61. The first-order valence-electron chi connectivity index (χ1n) is 6.12. The minimum Gasteiger partial charge on any atom is -0.298 e. The van der Waals surface area contributed by atoms with Crippen LogP contribution >= 0.6 is 11.8 Å². The molecule has 0 heterocycles. The average molecular weight is 252 g/mol. The summed E-state index contributed by atoms with van der Waals surface area (Å²) >= 11 is 1.75. The number of halogens is 1. The van der Waals surface area contributed by atoms with E-state index in [2.05, 4.69) is 0 Å². The Kier molecular flexibility index (Phi) is 4.60. The molecule has 0 bridgehead atoms. The van der Waals surface area contributed by atoms with Gasteiger partial charge in [0.05, 0.1) is 5.75 Å². The van der Waals surface area contributed by atoms with Crippen LogP contribution in [-0.2, 0) is 11.2 Å². The van der Waals surface area contributed by atoms with Crippen molar-refractivity contribution in [1.29, 1.82) is 0 Å². The summed E-state index contributed by atoms with van der Waals surface area (Å²) in [5.74, 6) is 0.387. The zero-order valence-electron chi connectivity index (χ0n) is 9.82. The summed E-state index contributed by atoms with van der Waals surface area (Å²) in [6, 6.07) is 6.52. The van der Waals surface area contributed by atoms with E-state index >= 15 is 0 Å². The summed E-state index contributed by atoms with van der Waals surface area (Å²) in [5, 5.41) is 0.652. The molecule has 92 valence electrons. The van der Waals surface area contributed by atoms with Gasteiger partial charge in [-0.3, -0.25) is 4.79 Å². The quantitative estimate of drug-likeness (QED) is 0.796. The minimum absolute atomic E-state index is 0.131. The van der Waals surface area contributed by atoms with Gasteiger partial charge in [-0.15, -0.1) is 0 Å². The molecule has 0 spiro atoms. The number of hydrogen-bond acceptors (Lipinski definition) is 2. The van der Waals surface area contributed by atoms with Crippen LogP contribution in [0.25, 0.3) is 0 Å². The average Bonchev–Trinajstić information content (AvgIpc) is 2.82. The zero-order valence-corrected chi connectivity index (χ0v) is 10.6. The van der Waals surface area contributed by atoms with Crippen molar-refractivity contribution < 1.29 is 9.18 Å². The highest BCUT2D eigenvalue weighted by molar-refractivity contribution is 8.00.